The summed E-state index contributed by atoms with van der Waals surface area (Å²) < 4.78 is 5.92. The molecule has 3 amide bonds. The van der Waals surface area contributed by atoms with Crippen LogP contribution in [-0.2, 0) is 0 Å². The van der Waals surface area contributed by atoms with E-state index in [2.05, 4.69) is 74.2 Å². The summed E-state index contributed by atoms with van der Waals surface area (Å²) >= 11 is 0. The number of carbonyl (C=O) groups excluding carboxylic acids is 2. The summed E-state index contributed by atoms with van der Waals surface area (Å²) in [5.41, 5.74) is 3.51. The van der Waals surface area contributed by atoms with Gasteiger partial charge in [0.1, 0.15) is 23.0 Å². The van der Waals surface area contributed by atoms with E-state index in [1.807, 2.05) is 36.4 Å². The van der Waals surface area contributed by atoms with Gasteiger partial charge in [0.15, 0.2) is 0 Å². The molecule has 0 aliphatic rings. The second kappa shape index (κ2) is 13.9. The minimum absolute atomic E-state index is 0.132. The first-order chi connectivity index (χ1) is 20.5. The summed E-state index contributed by atoms with van der Waals surface area (Å²) in [6.45, 7) is 8.51. The topological polar surface area (TPSA) is 117 Å². The van der Waals surface area contributed by atoms with Crippen molar-refractivity contribution in [2.45, 2.75) is 34.1 Å². The lowest BCUT2D eigenvalue weighted by Gasteiger charge is -2.23. The highest BCUT2D eigenvalue weighted by Crippen LogP contribution is 2.28. The number of urea groups is 1. The zero-order valence-corrected chi connectivity index (χ0v) is 26.1. The van der Waals surface area contributed by atoms with Crippen LogP contribution in [0.5, 0.6) is 11.5 Å². The Morgan fingerprint density at radius 2 is 1.74 bits per heavy atom. The van der Waals surface area contributed by atoms with E-state index in [1.54, 1.807) is 43.6 Å². The predicted octanol–water partition coefficient (Wildman–Crippen LogP) is 6.74. The molecule has 2 heterocycles. The molecule has 1 atom stereocenters. The van der Waals surface area contributed by atoms with E-state index in [-0.39, 0.29) is 17.0 Å². The highest BCUT2D eigenvalue weighted by Gasteiger charge is 2.17. The third-order valence-electron chi connectivity index (χ3n) is 6.42. The summed E-state index contributed by atoms with van der Waals surface area (Å²) in [5, 5.41) is 13.5. The molecule has 0 saturated carbocycles. The van der Waals surface area contributed by atoms with Crippen molar-refractivity contribution < 1.29 is 14.3 Å². The monoisotopic (exact) mass is 596 g/mol. The average Bonchev–Trinajstić information content (AvgIpc) is 2.97. The quantitative estimate of drug-likeness (QED) is 0.126. The summed E-state index contributed by atoms with van der Waals surface area (Å²) in [7, 11) is 4.15. The Bertz CT molecular complexity index is 1690. The number of carbonyl (C=O) groups is 2. The van der Waals surface area contributed by atoms with Crippen molar-refractivity contribution in [3.05, 3.63) is 102 Å². The average molecular weight is 597 g/mol. The maximum atomic E-state index is 13.3. The maximum absolute atomic E-state index is 13.3. The molecule has 0 radical (unpaired) electrons. The molecule has 0 bridgehead atoms. The first-order valence-electron chi connectivity index (χ1n) is 13.9. The van der Waals surface area contributed by atoms with Gasteiger partial charge in [0, 0.05) is 42.3 Å². The zero-order valence-electron chi connectivity index (χ0n) is 25.0. The molecular weight excluding hydrogens is 559 g/mol. The van der Waals surface area contributed by atoms with E-state index < -0.39 is 6.03 Å². The smallest absolute Gasteiger partial charge is 0.324 e. The number of benzene rings is 2. The standard InChI is InChI=1S/C33H37N6O3P/c1-6-8-22(33(2,3)4)18-30(37-23-10-12-26-21(17-23)9-7-15-35-26)39-32(41)38-27-13-11-24(20-29(27)43)42-25-14-16-36-28(19-25)31(40)34-5/h7-20,37H,6,43H2,1-5H3,(H,34,40)(H2,38,39,41)/b22-8-,30-18+. The molecule has 0 aliphatic heterocycles. The number of hydrogen-bond acceptors (Lipinski definition) is 6. The van der Waals surface area contributed by atoms with Crippen LogP contribution >= 0.6 is 9.24 Å². The second-order valence-corrected chi connectivity index (χ2v) is 11.4. The van der Waals surface area contributed by atoms with E-state index in [0.717, 1.165) is 33.9 Å². The van der Waals surface area contributed by atoms with Crippen molar-refractivity contribution in [1.29, 1.82) is 0 Å². The van der Waals surface area contributed by atoms with Crippen molar-refractivity contribution >= 4 is 48.8 Å². The van der Waals surface area contributed by atoms with Gasteiger partial charge in [0.25, 0.3) is 5.91 Å². The molecule has 43 heavy (non-hydrogen) atoms. The Morgan fingerprint density at radius 1 is 0.953 bits per heavy atom. The molecule has 0 spiro atoms. The van der Waals surface area contributed by atoms with Gasteiger partial charge in [0.05, 0.1) is 5.52 Å². The molecule has 0 fully saturated rings. The molecule has 4 N–H and O–H groups in total. The molecule has 2 aromatic heterocycles. The van der Waals surface area contributed by atoms with Gasteiger partial charge in [-0.25, -0.2) is 4.79 Å². The van der Waals surface area contributed by atoms with Gasteiger partial charge in [-0.15, -0.1) is 9.24 Å². The Morgan fingerprint density at radius 3 is 2.47 bits per heavy atom. The fraction of sp³-hybridized carbons (Fsp3) is 0.212. The molecule has 1 unspecified atom stereocenters. The minimum atomic E-state index is -0.410. The number of amides is 3. The van der Waals surface area contributed by atoms with Crippen LogP contribution in [0.25, 0.3) is 10.9 Å². The summed E-state index contributed by atoms with van der Waals surface area (Å²) in [4.78, 5) is 33.6. The largest absolute Gasteiger partial charge is 0.457 e. The number of anilines is 2. The number of aromatic nitrogens is 2. The van der Waals surface area contributed by atoms with Gasteiger partial charge >= 0.3 is 6.03 Å². The lowest BCUT2D eigenvalue weighted by atomic mass is 9.85. The Balaban J connectivity index is 1.53. The van der Waals surface area contributed by atoms with Crippen molar-refractivity contribution in [1.82, 2.24) is 20.6 Å². The van der Waals surface area contributed by atoms with Gasteiger partial charge in [-0.2, -0.15) is 0 Å². The lowest BCUT2D eigenvalue weighted by molar-refractivity contribution is 0.0957. The van der Waals surface area contributed by atoms with Crippen LogP contribution in [0.3, 0.4) is 0 Å². The normalized spacial score (nSPS) is 12.0. The third-order valence-corrected chi connectivity index (χ3v) is 6.90. The van der Waals surface area contributed by atoms with E-state index in [9.17, 15) is 9.59 Å². The Kier molecular flexibility index (Phi) is 10.1. The molecule has 4 aromatic rings. The molecule has 0 saturated heterocycles. The van der Waals surface area contributed by atoms with E-state index in [1.165, 1.54) is 6.20 Å². The highest BCUT2D eigenvalue weighted by atomic mass is 31.0. The van der Waals surface area contributed by atoms with Crippen LogP contribution in [0.2, 0.25) is 0 Å². The number of fused-ring (bicyclic) bond motifs is 1. The molecule has 2 aromatic carbocycles. The lowest BCUT2D eigenvalue weighted by Crippen LogP contribution is -2.32. The number of ether oxygens (including phenoxy) is 1. The van der Waals surface area contributed by atoms with Crippen LogP contribution in [0.4, 0.5) is 16.2 Å². The van der Waals surface area contributed by atoms with Crippen LogP contribution < -0.4 is 31.3 Å². The summed E-state index contributed by atoms with van der Waals surface area (Å²) in [6.07, 6.45) is 8.26. The van der Waals surface area contributed by atoms with E-state index >= 15 is 0 Å². The van der Waals surface area contributed by atoms with Crippen LogP contribution in [0.1, 0.15) is 44.6 Å². The first kappa shape index (κ1) is 31.2. The van der Waals surface area contributed by atoms with Gasteiger partial charge in [0.2, 0.25) is 0 Å². The third kappa shape index (κ3) is 8.63. The van der Waals surface area contributed by atoms with Crippen LogP contribution in [0, 0.1) is 5.41 Å². The Hall–Kier alpha value is -4.75. The number of rotatable bonds is 9. The Labute approximate surface area is 254 Å². The number of pyridine rings is 2. The fourth-order valence-corrected chi connectivity index (χ4v) is 4.56. The number of hydrogen-bond donors (Lipinski definition) is 4. The first-order valence-corrected chi connectivity index (χ1v) is 14.5. The molecular formula is C33H37N6O3P. The van der Waals surface area contributed by atoms with Crippen molar-refractivity contribution in [3.8, 4) is 11.5 Å². The highest BCUT2D eigenvalue weighted by molar-refractivity contribution is 7.28. The SMILES string of the molecule is CC/C=C(/C=C(/NC(=O)Nc1ccc(Oc2ccnc(C(=O)NC)c2)cc1P)Nc1ccc2ncccc2c1)C(C)(C)C. The molecule has 9 nitrogen and oxygen atoms in total. The second-order valence-electron chi connectivity index (χ2n) is 10.8. The van der Waals surface area contributed by atoms with Crippen molar-refractivity contribution in [2.24, 2.45) is 5.41 Å². The zero-order chi connectivity index (χ0) is 31.0. The van der Waals surface area contributed by atoms with Crippen molar-refractivity contribution in [3.63, 3.8) is 0 Å². The van der Waals surface area contributed by atoms with E-state index in [0.29, 0.717) is 23.0 Å². The summed E-state index contributed by atoms with van der Waals surface area (Å²) in [6, 6.07) is 17.9. The molecule has 4 rings (SSSR count). The number of nitrogens with zero attached hydrogens (tertiary/aromatic N) is 2. The van der Waals surface area contributed by atoms with Crippen molar-refractivity contribution in [2.75, 3.05) is 17.7 Å². The number of allylic oxidation sites excluding steroid dienone is 3. The van der Waals surface area contributed by atoms with Crippen LogP contribution in [-0.4, -0.2) is 29.0 Å². The minimum Gasteiger partial charge on any atom is -0.457 e. The molecule has 10 heteroatoms. The van der Waals surface area contributed by atoms with Gasteiger partial charge in [-0.3, -0.25) is 20.1 Å². The predicted molar refractivity (Wildman–Crippen MR) is 177 cm³/mol. The van der Waals surface area contributed by atoms with Gasteiger partial charge < -0.3 is 20.7 Å². The number of nitrogens with one attached hydrogen (secondary N) is 4. The van der Waals surface area contributed by atoms with E-state index in [4.69, 9.17) is 4.74 Å². The van der Waals surface area contributed by atoms with Gasteiger partial charge in [-0.05, 0) is 77.3 Å². The molecule has 222 valence electrons. The summed E-state index contributed by atoms with van der Waals surface area (Å²) in [5.74, 6) is 1.24. The fourth-order valence-electron chi connectivity index (χ4n) is 4.23. The maximum Gasteiger partial charge on any atom is 0.324 e. The van der Waals surface area contributed by atoms with Gasteiger partial charge in [-0.1, -0.05) is 39.8 Å². The molecule has 0 aliphatic carbocycles. The van der Waals surface area contributed by atoms with Crippen LogP contribution in [0.15, 0.2) is 96.6 Å².